The zero-order valence-electron chi connectivity index (χ0n) is 14.7. The van der Waals surface area contributed by atoms with Crippen molar-refractivity contribution in [2.75, 3.05) is 6.16 Å². The molecule has 1 nitrogen and oxygen atoms in total. The average molecular weight is 355 g/mol. The number of benzene rings is 2. The van der Waals surface area contributed by atoms with Gasteiger partial charge in [0.1, 0.15) is 0 Å². The third-order valence-electron chi connectivity index (χ3n) is 4.65. The van der Waals surface area contributed by atoms with Crippen LogP contribution in [0, 0.1) is 0 Å². The van der Waals surface area contributed by atoms with Crippen LogP contribution in [0.3, 0.4) is 0 Å². The van der Waals surface area contributed by atoms with Crippen molar-refractivity contribution in [1.29, 1.82) is 0 Å². The van der Waals surface area contributed by atoms with E-state index in [1.165, 1.54) is 16.3 Å². The number of hydrogen-bond donors (Lipinski definition) is 0. The van der Waals surface area contributed by atoms with Crippen molar-refractivity contribution in [3.8, 4) is 0 Å². The molecule has 0 aliphatic heterocycles. The van der Waals surface area contributed by atoms with E-state index in [0.29, 0.717) is 5.92 Å². The standard InChI is InChI=1S/C24H22NP/c1-3-13-22(14-4-1)26(23-15-5-2-6-16-23)19-18-21-12-9-17-24(25-21)20-10-7-8-11-20/h1-17,20H,18-19H2. The molecule has 0 unspecified atom stereocenters. The van der Waals surface area contributed by atoms with Gasteiger partial charge in [-0.25, -0.2) is 0 Å². The lowest BCUT2D eigenvalue weighted by atomic mass is 10.1. The Morgan fingerprint density at radius 1 is 0.692 bits per heavy atom. The summed E-state index contributed by atoms with van der Waals surface area (Å²) in [5, 5.41) is 2.87. The Bertz CT molecular complexity index is 848. The first-order chi connectivity index (χ1) is 12.9. The summed E-state index contributed by atoms with van der Waals surface area (Å²) in [5.74, 6) is 0.333. The van der Waals surface area contributed by atoms with E-state index in [1.54, 1.807) is 0 Å². The van der Waals surface area contributed by atoms with E-state index in [-0.39, 0.29) is 7.92 Å². The van der Waals surface area contributed by atoms with E-state index < -0.39 is 0 Å². The summed E-state index contributed by atoms with van der Waals surface area (Å²) in [5.41, 5.74) is 2.34. The van der Waals surface area contributed by atoms with Gasteiger partial charge in [-0.1, -0.05) is 91.0 Å². The molecular weight excluding hydrogens is 333 g/mol. The van der Waals surface area contributed by atoms with Gasteiger partial charge >= 0.3 is 0 Å². The van der Waals surface area contributed by atoms with Crippen molar-refractivity contribution >= 4 is 18.5 Å². The Morgan fingerprint density at radius 3 is 1.92 bits per heavy atom. The van der Waals surface area contributed by atoms with E-state index in [2.05, 4.69) is 103 Å². The van der Waals surface area contributed by atoms with Crippen molar-refractivity contribution in [1.82, 2.24) is 4.98 Å². The van der Waals surface area contributed by atoms with E-state index in [4.69, 9.17) is 4.98 Å². The van der Waals surface area contributed by atoms with Gasteiger partial charge in [0.05, 0.1) is 5.69 Å². The van der Waals surface area contributed by atoms with E-state index in [0.717, 1.165) is 18.3 Å². The average Bonchev–Trinajstić information content (AvgIpc) is 3.25. The van der Waals surface area contributed by atoms with Crippen molar-refractivity contribution < 1.29 is 0 Å². The number of aromatic nitrogens is 1. The minimum absolute atomic E-state index is 0.333. The predicted octanol–water partition coefficient (Wildman–Crippen LogP) is 4.97. The molecule has 2 aromatic carbocycles. The summed E-state index contributed by atoms with van der Waals surface area (Å²) < 4.78 is 0. The Morgan fingerprint density at radius 2 is 1.31 bits per heavy atom. The predicted molar refractivity (Wildman–Crippen MR) is 113 cm³/mol. The van der Waals surface area contributed by atoms with Crippen molar-refractivity contribution in [2.24, 2.45) is 0 Å². The summed E-state index contributed by atoms with van der Waals surface area (Å²) in [4.78, 5) is 4.92. The van der Waals surface area contributed by atoms with Crippen molar-refractivity contribution in [3.63, 3.8) is 0 Å². The Labute approximate surface area is 156 Å². The Balaban J connectivity index is 1.55. The highest BCUT2D eigenvalue weighted by molar-refractivity contribution is 7.73. The second-order valence-corrected chi connectivity index (χ2v) is 8.76. The van der Waals surface area contributed by atoms with Gasteiger partial charge in [-0.2, -0.15) is 0 Å². The number of aryl methyl sites for hydroxylation is 1. The van der Waals surface area contributed by atoms with Gasteiger partial charge in [0.15, 0.2) is 0 Å². The number of rotatable bonds is 6. The van der Waals surface area contributed by atoms with Crippen molar-refractivity contribution in [2.45, 2.75) is 12.3 Å². The first-order valence-electron chi connectivity index (χ1n) is 9.08. The largest absolute Gasteiger partial charge is 0.257 e. The molecule has 1 aromatic heterocycles. The van der Waals surface area contributed by atoms with Crippen LogP contribution in [0.5, 0.6) is 0 Å². The summed E-state index contributed by atoms with van der Waals surface area (Å²) in [6, 6.07) is 28.2. The molecule has 0 fully saturated rings. The van der Waals surface area contributed by atoms with E-state index >= 15 is 0 Å². The fourth-order valence-corrected chi connectivity index (χ4v) is 5.63. The summed E-state index contributed by atoms with van der Waals surface area (Å²) in [6.07, 6.45) is 10.7. The second kappa shape index (κ2) is 8.25. The van der Waals surface area contributed by atoms with E-state index in [9.17, 15) is 0 Å². The van der Waals surface area contributed by atoms with E-state index in [1.807, 2.05) is 0 Å². The third-order valence-corrected chi connectivity index (χ3v) is 7.16. The quantitative estimate of drug-likeness (QED) is 0.569. The second-order valence-electron chi connectivity index (χ2n) is 6.42. The molecule has 3 aromatic rings. The molecule has 0 saturated carbocycles. The maximum absolute atomic E-state index is 4.92. The SMILES string of the molecule is C1=CC(c2cccc(CCP(c3ccccc3)c3ccccc3)n2)C=C1. The lowest BCUT2D eigenvalue weighted by Gasteiger charge is -2.19. The number of allylic oxidation sites excluding steroid dienone is 4. The van der Waals surface area contributed by atoms with Crippen LogP contribution in [-0.4, -0.2) is 11.1 Å². The molecule has 0 N–H and O–H groups in total. The fourth-order valence-electron chi connectivity index (χ4n) is 3.30. The molecule has 1 heterocycles. The smallest absolute Gasteiger partial charge is 0.0513 e. The molecule has 0 amide bonds. The summed E-state index contributed by atoms with van der Waals surface area (Å²) in [7, 11) is -0.362. The molecule has 0 radical (unpaired) electrons. The van der Waals surface area contributed by atoms with Crippen LogP contribution in [0.25, 0.3) is 0 Å². The fraction of sp³-hybridized carbons (Fsp3) is 0.125. The van der Waals surface area contributed by atoms with Crippen LogP contribution in [-0.2, 0) is 6.42 Å². The van der Waals surface area contributed by atoms with Gasteiger partial charge in [-0.3, -0.25) is 4.98 Å². The van der Waals surface area contributed by atoms with Crippen LogP contribution in [0.1, 0.15) is 17.3 Å². The minimum atomic E-state index is -0.362. The molecule has 0 spiro atoms. The zero-order valence-corrected chi connectivity index (χ0v) is 15.6. The molecule has 2 heteroatoms. The minimum Gasteiger partial charge on any atom is -0.257 e. The molecule has 1 aliphatic carbocycles. The van der Waals surface area contributed by atoms with Gasteiger partial charge in [-0.05, 0) is 43.2 Å². The molecular formula is C24H22NP. The topological polar surface area (TPSA) is 12.9 Å². The van der Waals surface area contributed by atoms with Gasteiger partial charge < -0.3 is 0 Å². The zero-order chi connectivity index (χ0) is 17.6. The number of pyridine rings is 1. The maximum atomic E-state index is 4.92. The van der Waals surface area contributed by atoms with Crippen LogP contribution in [0.15, 0.2) is 103 Å². The Hall–Kier alpha value is -2.50. The molecule has 128 valence electrons. The molecule has 0 atom stereocenters. The molecule has 0 saturated heterocycles. The van der Waals surface area contributed by atoms with Crippen LogP contribution >= 0.6 is 7.92 Å². The third kappa shape index (κ3) is 4.00. The normalized spacial score (nSPS) is 13.6. The molecule has 1 aliphatic rings. The molecule has 0 bridgehead atoms. The van der Waals surface area contributed by atoms with Gasteiger partial charge in [0, 0.05) is 11.6 Å². The van der Waals surface area contributed by atoms with Crippen LogP contribution < -0.4 is 10.6 Å². The van der Waals surface area contributed by atoms with Gasteiger partial charge in [0.25, 0.3) is 0 Å². The molecule has 26 heavy (non-hydrogen) atoms. The van der Waals surface area contributed by atoms with Crippen molar-refractivity contribution in [3.05, 3.63) is 115 Å². The van der Waals surface area contributed by atoms with Crippen LogP contribution in [0.2, 0.25) is 0 Å². The summed E-state index contributed by atoms with van der Waals surface area (Å²) in [6.45, 7) is 0. The highest BCUT2D eigenvalue weighted by Crippen LogP contribution is 2.34. The summed E-state index contributed by atoms with van der Waals surface area (Å²) >= 11 is 0. The molecule has 4 rings (SSSR count). The van der Waals surface area contributed by atoms with Gasteiger partial charge in [0.2, 0.25) is 0 Å². The Kier molecular flexibility index (Phi) is 5.38. The highest BCUT2D eigenvalue weighted by Gasteiger charge is 2.14. The monoisotopic (exact) mass is 355 g/mol. The first-order valence-corrected chi connectivity index (χ1v) is 10.6. The first kappa shape index (κ1) is 16.9. The number of hydrogen-bond acceptors (Lipinski definition) is 1. The lowest BCUT2D eigenvalue weighted by Crippen LogP contribution is -2.15. The van der Waals surface area contributed by atoms with Crippen LogP contribution in [0.4, 0.5) is 0 Å². The number of nitrogens with zero attached hydrogens (tertiary/aromatic N) is 1. The van der Waals surface area contributed by atoms with Gasteiger partial charge in [-0.15, -0.1) is 0 Å². The lowest BCUT2D eigenvalue weighted by molar-refractivity contribution is 0.942. The maximum Gasteiger partial charge on any atom is 0.0513 e. The highest BCUT2D eigenvalue weighted by atomic mass is 31.1.